The van der Waals surface area contributed by atoms with Crippen molar-refractivity contribution in [3.05, 3.63) is 58.6 Å². The lowest BCUT2D eigenvalue weighted by Crippen LogP contribution is -2.21. The molecule has 2 aromatic rings. The Morgan fingerprint density at radius 2 is 1.76 bits per heavy atom. The van der Waals surface area contributed by atoms with Gasteiger partial charge in [-0.2, -0.15) is 0 Å². The van der Waals surface area contributed by atoms with Crippen LogP contribution in [0.4, 0.5) is 0 Å². The first kappa shape index (κ1) is 11.7. The average Bonchev–Trinajstić information content (AvgIpc) is 2.32. The standard InChI is InChI=1S/C13H9BrO3/c14-10-4-6-11(7-5-10)17-12-3-1-2-9(8-12)13(15)16/h1-8H,(H,15,16)/p-1. The van der Waals surface area contributed by atoms with Crippen molar-refractivity contribution in [2.75, 3.05) is 0 Å². The molecule has 0 saturated heterocycles. The molecule has 86 valence electrons. The second-order valence-electron chi connectivity index (χ2n) is 3.37. The number of carboxylic acids is 1. The van der Waals surface area contributed by atoms with E-state index in [9.17, 15) is 9.90 Å². The molecule has 0 heterocycles. The molecule has 0 saturated carbocycles. The van der Waals surface area contributed by atoms with Gasteiger partial charge in [-0.05, 0) is 36.4 Å². The smallest absolute Gasteiger partial charge is 0.128 e. The zero-order valence-corrected chi connectivity index (χ0v) is 10.3. The number of carbonyl (C=O) groups is 1. The van der Waals surface area contributed by atoms with Crippen molar-refractivity contribution in [3.8, 4) is 11.5 Å². The molecule has 3 nitrogen and oxygen atoms in total. The third kappa shape index (κ3) is 3.07. The molecule has 4 heteroatoms. The van der Waals surface area contributed by atoms with E-state index in [1.165, 1.54) is 12.1 Å². The van der Waals surface area contributed by atoms with E-state index in [4.69, 9.17) is 4.74 Å². The highest BCUT2D eigenvalue weighted by Crippen LogP contribution is 2.23. The fourth-order valence-corrected chi connectivity index (χ4v) is 1.59. The maximum Gasteiger partial charge on any atom is 0.128 e. The van der Waals surface area contributed by atoms with Crippen LogP contribution in [-0.2, 0) is 0 Å². The van der Waals surface area contributed by atoms with Gasteiger partial charge in [-0.15, -0.1) is 0 Å². The van der Waals surface area contributed by atoms with Crippen LogP contribution in [0.2, 0.25) is 0 Å². The summed E-state index contributed by atoms with van der Waals surface area (Å²) in [6, 6.07) is 13.5. The maximum atomic E-state index is 10.7. The summed E-state index contributed by atoms with van der Waals surface area (Å²) >= 11 is 3.32. The van der Waals surface area contributed by atoms with Gasteiger partial charge in [0.2, 0.25) is 0 Å². The Balaban J connectivity index is 2.21. The highest BCUT2D eigenvalue weighted by molar-refractivity contribution is 9.10. The molecule has 0 aromatic heterocycles. The number of rotatable bonds is 3. The van der Waals surface area contributed by atoms with Gasteiger partial charge in [-0.1, -0.05) is 28.1 Å². The first-order chi connectivity index (χ1) is 8.15. The maximum absolute atomic E-state index is 10.7. The van der Waals surface area contributed by atoms with Gasteiger partial charge in [0.1, 0.15) is 11.5 Å². The fourth-order valence-electron chi connectivity index (χ4n) is 1.33. The lowest BCUT2D eigenvalue weighted by molar-refractivity contribution is -0.255. The minimum absolute atomic E-state index is 0.0969. The van der Waals surface area contributed by atoms with Crippen LogP contribution in [-0.4, -0.2) is 5.97 Å². The summed E-state index contributed by atoms with van der Waals surface area (Å²) in [6.45, 7) is 0. The van der Waals surface area contributed by atoms with Gasteiger partial charge in [0.05, 0.1) is 5.97 Å². The number of benzene rings is 2. The van der Waals surface area contributed by atoms with Crippen LogP contribution in [0.1, 0.15) is 10.4 Å². The first-order valence-corrected chi connectivity index (χ1v) is 5.69. The molecule has 0 bridgehead atoms. The summed E-state index contributed by atoms with van der Waals surface area (Å²) in [5, 5.41) is 10.7. The summed E-state index contributed by atoms with van der Waals surface area (Å²) in [7, 11) is 0. The Labute approximate surface area is 107 Å². The van der Waals surface area contributed by atoms with Gasteiger partial charge in [-0.25, -0.2) is 0 Å². The molecule has 0 atom stereocenters. The third-order valence-corrected chi connectivity index (χ3v) is 2.65. The van der Waals surface area contributed by atoms with Gasteiger partial charge in [0.25, 0.3) is 0 Å². The van der Waals surface area contributed by atoms with Crippen molar-refractivity contribution in [1.29, 1.82) is 0 Å². The normalized spacial score (nSPS) is 9.94. The Morgan fingerprint density at radius 3 is 2.41 bits per heavy atom. The second kappa shape index (κ2) is 5.01. The van der Waals surface area contributed by atoms with Crippen LogP contribution < -0.4 is 9.84 Å². The van der Waals surface area contributed by atoms with Crippen molar-refractivity contribution < 1.29 is 14.6 Å². The summed E-state index contributed by atoms with van der Waals surface area (Å²) in [5.41, 5.74) is 0.0969. The van der Waals surface area contributed by atoms with Crippen LogP contribution >= 0.6 is 15.9 Å². The van der Waals surface area contributed by atoms with E-state index in [0.717, 1.165) is 4.47 Å². The summed E-state index contributed by atoms with van der Waals surface area (Å²) in [5.74, 6) is -0.107. The molecule has 0 aliphatic carbocycles. The lowest BCUT2D eigenvalue weighted by atomic mass is 10.2. The van der Waals surface area contributed by atoms with Crippen molar-refractivity contribution >= 4 is 21.9 Å². The zero-order chi connectivity index (χ0) is 12.3. The van der Waals surface area contributed by atoms with Crippen LogP contribution in [0.25, 0.3) is 0 Å². The van der Waals surface area contributed by atoms with E-state index >= 15 is 0 Å². The Kier molecular flexibility index (Phi) is 3.44. The van der Waals surface area contributed by atoms with Gasteiger partial charge >= 0.3 is 0 Å². The van der Waals surface area contributed by atoms with Crippen LogP contribution in [0.3, 0.4) is 0 Å². The molecule has 2 rings (SSSR count). The molecule has 0 amide bonds. The van der Waals surface area contributed by atoms with Gasteiger partial charge in [-0.3, -0.25) is 0 Å². The molecule has 2 aromatic carbocycles. The first-order valence-electron chi connectivity index (χ1n) is 4.90. The molecule has 0 spiro atoms. The Bertz CT molecular complexity index is 535. The topological polar surface area (TPSA) is 49.4 Å². The van der Waals surface area contributed by atoms with Crippen LogP contribution in [0.15, 0.2) is 53.0 Å². The zero-order valence-electron chi connectivity index (χ0n) is 8.72. The minimum Gasteiger partial charge on any atom is -0.545 e. The fraction of sp³-hybridized carbons (Fsp3) is 0. The predicted molar refractivity (Wildman–Crippen MR) is 65.0 cm³/mol. The molecule has 0 radical (unpaired) electrons. The minimum atomic E-state index is -1.22. The van der Waals surface area contributed by atoms with Crippen molar-refractivity contribution in [1.82, 2.24) is 0 Å². The largest absolute Gasteiger partial charge is 0.545 e. The number of halogens is 1. The average molecular weight is 292 g/mol. The molecule has 0 aliphatic heterocycles. The summed E-state index contributed by atoms with van der Waals surface area (Å²) in [6.07, 6.45) is 0. The van der Waals surface area contributed by atoms with Crippen molar-refractivity contribution in [2.45, 2.75) is 0 Å². The Morgan fingerprint density at radius 1 is 1.06 bits per heavy atom. The number of aromatic carboxylic acids is 1. The monoisotopic (exact) mass is 291 g/mol. The molecular formula is C13H8BrO3-. The quantitative estimate of drug-likeness (QED) is 0.873. The molecule has 0 fully saturated rings. The van der Waals surface area contributed by atoms with Crippen molar-refractivity contribution in [2.24, 2.45) is 0 Å². The second-order valence-corrected chi connectivity index (χ2v) is 4.29. The highest BCUT2D eigenvalue weighted by atomic mass is 79.9. The SMILES string of the molecule is O=C([O-])c1cccc(Oc2ccc(Br)cc2)c1. The summed E-state index contributed by atoms with van der Waals surface area (Å²) < 4.78 is 6.46. The third-order valence-electron chi connectivity index (χ3n) is 2.12. The van der Waals surface area contributed by atoms with E-state index in [0.29, 0.717) is 11.5 Å². The highest BCUT2D eigenvalue weighted by Gasteiger charge is 1.99. The van der Waals surface area contributed by atoms with Crippen LogP contribution in [0.5, 0.6) is 11.5 Å². The predicted octanol–water partition coefficient (Wildman–Crippen LogP) is 2.60. The van der Waals surface area contributed by atoms with E-state index in [2.05, 4.69) is 15.9 Å². The molecule has 0 N–H and O–H groups in total. The van der Waals surface area contributed by atoms with Gasteiger partial charge < -0.3 is 14.6 Å². The number of hydrogen-bond acceptors (Lipinski definition) is 3. The molecular weight excluding hydrogens is 284 g/mol. The number of carbonyl (C=O) groups excluding carboxylic acids is 1. The van der Waals surface area contributed by atoms with E-state index in [-0.39, 0.29) is 5.56 Å². The van der Waals surface area contributed by atoms with E-state index in [1.807, 2.05) is 12.1 Å². The lowest BCUT2D eigenvalue weighted by Gasteiger charge is -2.08. The van der Waals surface area contributed by atoms with Gasteiger partial charge in [0.15, 0.2) is 0 Å². The summed E-state index contributed by atoms with van der Waals surface area (Å²) in [4.78, 5) is 10.7. The Hall–Kier alpha value is -1.81. The van der Waals surface area contributed by atoms with Crippen molar-refractivity contribution in [3.63, 3.8) is 0 Å². The number of carboxylic acid groups (broad SMARTS) is 1. The molecule has 17 heavy (non-hydrogen) atoms. The van der Waals surface area contributed by atoms with Crippen LogP contribution in [0, 0.1) is 0 Å². The molecule has 0 unspecified atom stereocenters. The van der Waals surface area contributed by atoms with E-state index < -0.39 is 5.97 Å². The van der Waals surface area contributed by atoms with E-state index in [1.54, 1.807) is 24.3 Å². The molecule has 0 aliphatic rings. The van der Waals surface area contributed by atoms with Gasteiger partial charge in [0, 0.05) is 10.0 Å². The number of hydrogen-bond donors (Lipinski definition) is 0. The number of ether oxygens (including phenoxy) is 1.